The molecule has 0 radical (unpaired) electrons. The van der Waals surface area contributed by atoms with E-state index in [2.05, 4.69) is 27.2 Å². The number of carbonyl (C=O) groups is 1. The Bertz CT molecular complexity index is 194. The van der Waals surface area contributed by atoms with Crippen molar-refractivity contribution in [3.63, 3.8) is 0 Å². The fourth-order valence-corrected chi connectivity index (χ4v) is 1.56. The molecule has 3 heteroatoms. The summed E-state index contributed by atoms with van der Waals surface area (Å²) in [6.45, 7) is 1.92. The molecule has 1 aliphatic heterocycles. The van der Waals surface area contributed by atoms with Crippen LogP contribution in [-0.2, 0) is 4.79 Å². The number of carbonyl (C=O) groups excluding carboxylic acids is 1. The van der Waals surface area contributed by atoms with E-state index >= 15 is 0 Å². The standard InChI is InChI=1S/C7H8BrNO/c1-3-5-6(4(2)8)7(10)9-5/h1,4-6H,2H3,(H,9,10)/t4?,5-,6+/m0/s1. The van der Waals surface area contributed by atoms with Crippen molar-refractivity contribution < 1.29 is 4.79 Å². The van der Waals surface area contributed by atoms with E-state index in [1.165, 1.54) is 0 Å². The third-order valence-electron chi connectivity index (χ3n) is 1.63. The molecule has 3 atom stereocenters. The van der Waals surface area contributed by atoms with Crippen LogP contribution in [0.15, 0.2) is 0 Å². The summed E-state index contributed by atoms with van der Waals surface area (Å²) in [5.74, 6) is 2.51. The molecule has 0 saturated carbocycles. The van der Waals surface area contributed by atoms with Gasteiger partial charge in [-0.05, 0) is 0 Å². The lowest BCUT2D eigenvalue weighted by Gasteiger charge is -2.34. The molecule has 1 rings (SSSR count). The van der Waals surface area contributed by atoms with Crippen LogP contribution in [0.2, 0.25) is 0 Å². The number of rotatable bonds is 1. The summed E-state index contributed by atoms with van der Waals surface area (Å²) in [6, 6.07) is -0.0677. The van der Waals surface area contributed by atoms with Crippen molar-refractivity contribution in [3.8, 4) is 12.3 Å². The third-order valence-corrected chi connectivity index (χ3v) is 2.20. The first-order valence-corrected chi connectivity index (χ1v) is 3.99. The summed E-state index contributed by atoms with van der Waals surface area (Å²) in [5.41, 5.74) is 0. The summed E-state index contributed by atoms with van der Waals surface area (Å²) >= 11 is 3.32. The van der Waals surface area contributed by atoms with Crippen LogP contribution < -0.4 is 5.32 Å². The van der Waals surface area contributed by atoms with Crippen molar-refractivity contribution in [1.82, 2.24) is 5.32 Å². The predicted octanol–water partition coefficient (Wildman–Crippen LogP) is 0.518. The molecule has 0 aliphatic carbocycles. The van der Waals surface area contributed by atoms with Crippen molar-refractivity contribution in [1.29, 1.82) is 0 Å². The average molecular weight is 202 g/mol. The fourth-order valence-electron chi connectivity index (χ4n) is 1.01. The fraction of sp³-hybridized carbons (Fsp3) is 0.571. The Morgan fingerprint density at radius 2 is 2.50 bits per heavy atom. The number of hydrogen-bond acceptors (Lipinski definition) is 1. The van der Waals surface area contributed by atoms with Crippen LogP contribution in [-0.4, -0.2) is 16.8 Å². The smallest absolute Gasteiger partial charge is 0.228 e. The zero-order valence-electron chi connectivity index (χ0n) is 5.60. The molecule has 1 N–H and O–H groups in total. The highest BCUT2D eigenvalue weighted by atomic mass is 79.9. The number of alkyl halides is 1. The van der Waals surface area contributed by atoms with E-state index in [1.54, 1.807) is 0 Å². The summed E-state index contributed by atoms with van der Waals surface area (Å²) < 4.78 is 0. The Balaban J connectivity index is 2.58. The van der Waals surface area contributed by atoms with Gasteiger partial charge in [0.2, 0.25) is 5.91 Å². The van der Waals surface area contributed by atoms with Gasteiger partial charge in [-0.25, -0.2) is 0 Å². The van der Waals surface area contributed by atoms with E-state index in [4.69, 9.17) is 6.42 Å². The van der Waals surface area contributed by atoms with Gasteiger partial charge >= 0.3 is 0 Å². The van der Waals surface area contributed by atoms with Gasteiger partial charge in [-0.15, -0.1) is 6.42 Å². The monoisotopic (exact) mass is 201 g/mol. The van der Waals surface area contributed by atoms with Crippen LogP contribution in [0.4, 0.5) is 0 Å². The van der Waals surface area contributed by atoms with Gasteiger partial charge in [-0.1, -0.05) is 28.8 Å². The zero-order valence-corrected chi connectivity index (χ0v) is 7.18. The molecule has 0 aromatic rings. The van der Waals surface area contributed by atoms with Crippen LogP contribution >= 0.6 is 15.9 Å². The van der Waals surface area contributed by atoms with Crippen LogP contribution in [0.5, 0.6) is 0 Å². The molecule has 1 heterocycles. The van der Waals surface area contributed by atoms with E-state index in [9.17, 15) is 4.79 Å². The molecule has 2 nitrogen and oxygen atoms in total. The SMILES string of the molecule is C#C[C@@H]1NC(=O)[C@@H]1C(C)Br. The topological polar surface area (TPSA) is 29.1 Å². The van der Waals surface area contributed by atoms with Crippen LogP contribution in [0.25, 0.3) is 0 Å². The number of nitrogens with one attached hydrogen (secondary N) is 1. The number of β-lactam (4-membered cyclic amide) rings is 1. The molecule has 1 unspecified atom stereocenters. The molecule has 0 aromatic heterocycles. The highest BCUT2D eigenvalue weighted by Crippen LogP contribution is 2.23. The lowest BCUT2D eigenvalue weighted by atomic mass is 9.89. The highest BCUT2D eigenvalue weighted by Gasteiger charge is 2.40. The summed E-state index contributed by atoms with van der Waals surface area (Å²) in [5, 5.41) is 2.62. The van der Waals surface area contributed by atoms with Gasteiger partial charge in [-0.3, -0.25) is 4.79 Å². The maximum atomic E-state index is 10.8. The van der Waals surface area contributed by atoms with Gasteiger partial charge in [0, 0.05) is 4.83 Å². The first kappa shape index (κ1) is 7.62. The molecule has 0 spiro atoms. The van der Waals surface area contributed by atoms with Crippen LogP contribution in [0.1, 0.15) is 6.92 Å². The van der Waals surface area contributed by atoms with Crippen molar-refractivity contribution in [2.75, 3.05) is 0 Å². The molecule has 10 heavy (non-hydrogen) atoms. The lowest BCUT2D eigenvalue weighted by Crippen LogP contribution is -2.60. The van der Waals surface area contributed by atoms with Gasteiger partial charge < -0.3 is 5.32 Å². The minimum absolute atomic E-state index is 0.0370. The Labute approximate surface area is 68.5 Å². The summed E-state index contributed by atoms with van der Waals surface area (Å²) in [6.07, 6.45) is 5.14. The zero-order chi connectivity index (χ0) is 7.72. The molecule has 1 amide bonds. The molecular formula is C7H8BrNO. The van der Waals surface area contributed by atoms with Gasteiger partial charge in [-0.2, -0.15) is 0 Å². The van der Waals surface area contributed by atoms with Crippen molar-refractivity contribution >= 4 is 21.8 Å². The van der Waals surface area contributed by atoms with Gasteiger partial charge in [0.1, 0.15) is 6.04 Å². The first-order valence-electron chi connectivity index (χ1n) is 3.07. The second-order valence-corrected chi connectivity index (χ2v) is 3.80. The number of terminal acetylenes is 1. The quantitative estimate of drug-likeness (QED) is 0.375. The Morgan fingerprint density at radius 3 is 2.70 bits per heavy atom. The molecule has 1 saturated heterocycles. The van der Waals surface area contributed by atoms with Gasteiger partial charge in [0.25, 0.3) is 0 Å². The van der Waals surface area contributed by atoms with Crippen LogP contribution in [0.3, 0.4) is 0 Å². The molecule has 1 aliphatic rings. The third kappa shape index (κ3) is 1.04. The second kappa shape index (κ2) is 2.63. The van der Waals surface area contributed by atoms with E-state index in [-0.39, 0.29) is 22.7 Å². The summed E-state index contributed by atoms with van der Waals surface area (Å²) in [7, 11) is 0. The molecule has 54 valence electrons. The number of halogens is 1. The van der Waals surface area contributed by atoms with Crippen molar-refractivity contribution in [2.24, 2.45) is 5.92 Å². The van der Waals surface area contributed by atoms with E-state index in [1.807, 2.05) is 6.92 Å². The normalized spacial score (nSPS) is 33.5. The van der Waals surface area contributed by atoms with Gasteiger partial charge in [0.05, 0.1) is 5.92 Å². The maximum absolute atomic E-state index is 10.8. The second-order valence-electron chi connectivity index (χ2n) is 2.36. The first-order chi connectivity index (χ1) is 4.66. The van der Waals surface area contributed by atoms with Crippen molar-refractivity contribution in [3.05, 3.63) is 0 Å². The molecule has 1 fully saturated rings. The van der Waals surface area contributed by atoms with E-state index in [0.717, 1.165) is 0 Å². The van der Waals surface area contributed by atoms with Crippen molar-refractivity contribution in [2.45, 2.75) is 17.8 Å². The Hall–Kier alpha value is -0.490. The minimum Gasteiger partial charge on any atom is -0.341 e. The minimum atomic E-state index is -0.0677. The van der Waals surface area contributed by atoms with E-state index < -0.39 is 0 Å². The highest BCUT2D eigenvalue weighted by molar-refractivity contribution is 9.09. The predicted molar refractivity (Wildman–Crippen MR) is 42.6 cm³/mol. The number of amides is 1. The van der Waals surface area contributed by atoms with Gasteiger partial charge in [0.15, 0.2) is 0 Å². The van der Waals surface area contributed by atoms with Crippen LogP contribution in [0, 0.1) is 18.3 Å². The lowest BCUT2D eigenvalue weighted by molar-refractivity contribution is -0.132. The molecular weight excluding hydrogens is 194 g/mol. The average Bonchev–Trinajstić information content (AvgIpc) is 1.80. The Morgan fingerprint density at radius 1 is 1.90 bits per heavy atom. The molecule has 0 bridgehead atoms. The number of hydrogen-bond donors (Lipinski definition) is 1. The maximum Gasteiger partial charge on any atom is 0.228 e. The van der Waals surface area contributed by atoms with E-state index in [0.29, 0.717) is 0 Å². The summed E-state index contributed by atoms with van der Waals surface area (Å²) in [4.78, 5) is 11.0. The Kier molecular flexibility index (Phi) is 2.00. The largest absolute Gasteiger partial charge is 0.341 e. The molecule has 0 aromatic carbocycles.